The van der Waals surface area contributed by atoms with Crippen molar-refractivity contribution in [2.24, 2.45) is 0 Å². The van der Waals surface area contributed by atoms with Crippen molar-refractivity contribution in [2.45, 2.75) is 6.54 Å². The summed E-state index contributed by atoms with van der Waals surface area (Å²) in [5.74, 6) is 1.31. The van der Waals surface area contributed by atoms with E-state index in [9.17, 15) is 9.59 Å². The van der Waals surface area contributed by atoms with Crippen LogP contribution in [0.2, 0.25) is 0 Å². The molecule has 9 nitrogen and oxygen atoms in total. The van der Waals surface area contributed by atoms with E-state index in [0.717, 1.165) is 5.56 Å². The van der Waals surface area contributed by atoms with Crippen molar-refractivity contribution >= 4 is 11.8 Å². The van der Waals surface area contributed by atoms with Crippen LogP contribution in [0, 0.1) is 0 Å². The fourth-order valence-corrected chi connectivity index (χ4v) is 3.01. The van der Waals surface area contributed by atoms with Crippen LogP contribution in [-0.4, -0.2) is 53.7 Å². The number of likely N-dealkylation sites (N-methyl/N-ethyl adjacent to an activating group) is 1. The van der Waals surface area contributed by atoms with Gasteiger partial charge in [0, 0.05) is 12.6 Å². The molecular formula is C20H20N4O5. The van der Waals surface area contributed by atoms with Crippen LogP contribution in [0.15, 0.2) is 47.2 Å². The fraction of sp³-hybridized carbons (Fsp3) is 0.250. The number of carbonyl (C=O) groups excluding carboxylic acids is 2. The number of fused-ring (bicyclic) bond motifs is 1. The zero-order valence-corrected chi connectivity index (χ0v) is 15.8. The number of aromatic amines is 1. The van der Waals surface area contributed by atoms with Crippen LogP contribution in [0.4, 0.5) is 0 Å². The van der Waals surface area contributed by atoms with Crippen LogP contribution in [-0.2, 0) is 11.3 Å². The molecule has 0 saturated heterocycles. The van der Waals surface area contributed by atoms with Gasteiger partial charge in [-0.2, -0.15) is 5.10 Å². The maximum Gasteiger partial charge on any atom is 0.257 e. The second-order valence-corrected chi connectivity index (χ2v) is 6.53. The van der Waals surface area contributed by atoms with Crippen molar-refractivity contribution in [3.63, 3.8) is 0 Å². The number of nitrogens with zero attached hydrogens (tertiary/aromatic N) is 2. The van der Waals surface area contributed by atoms with E-state index < -0.39 is 0 Å². The molecule has 29 heavy (non-hydrogen) atoms. The summed E-state index contributed by atoms with van der Waals surface area (Å²) in [6, 6.07) is 8.93. The van der Waals surface area contributed by atoms with E-state index in [2.05, 4.69) is 15.5 Å². The SMILES string of the molecule is CN(CC(=O)NCc1ccco1)C(=O)c1cn[nH]c1-c1ccc2c(c1)OCCO2. The Balaban J connectivity index is 1.44. The van der Waals surface area contributed by atoms with Gasteiger partial charge in [-0.05, 0) is 30.3 Å². The molecule has 1 aliphatic heterocycles. The first-order valence-electron chi connectivity index (χ1n) is 9.10. The Kier molecular flexibility index (Phi) is 5.19. The van der Waals surface area contributed by atoms with Crippen molar-refractivity contribution in [1.82, 2.24) is 20.4 Å². The summed E-state index contributed by atoms with van der Waals surface area (Å²) in [6.07, 6.45) is 2.99. The van der Waals surface area contributed by atoms with E-state index in [0.29, 0.717) is 41.7 Å². The fourth-order valence-electron chi connectivity index (χ4n) is 3.01. The summed E-state index contributed by atoms with van der Waals surface area (Å²) >= 11 is 0. The summed E-state index contributed by atoms with van der Waals surface area (Å²) in [5, 5.41) is 9.58. The zero-order chi connectivity index (χ0) is 20.2. The Morgan fingerprint density at radius 3 is 2.83 bits per heavy atom. The van der Waals surface area contributed by atoms with E-state index in [1.54, 1.807) is 31.3 Å². The largest absolute Gasteiger partial charge is 0.486 e. The predicted molar refractivity (Wildman–Crippen MR) is 103 cm³/mol. The van der Waals surface area contributed by atoms with Gasteiger partial charge in [-0.3, -0.25) is 14.7 Å². The van der Waals surface area contributed by atoms with Crippen LogP contribution in [0.25, 0.3) is 11.3 Å². The second-order valence-electron chi connectivity index (χ2n) is 6.53. The van der Waals surface area contributed by atoms with E-state index in [-0.39, 0.29) is 24.9 Å². The highest BCUT2D eigenvalue weighted by Crippen LogP contribution is 2.35. The highest BCUT2D eigenvalue weighted by molar-refractivity contribution is 6.01. The maximum absolute atomic E-state index is 12.9. The Bertz CT molecular complexity index is 1010. The van der Waals surface area contributed by atoms with E-state index in [1.807, 2.05) is 6.07 Å². The second kappa shape index (κ2) is 8.09. The van der Waals surface area contributed by atoms with Crippen LogP contribution in [0.3, 0.4) is 0 Å². The molecule has 3 aromatic rings. The van der Waals surface area contributed by atoms with E-state index in [1.165, 1.54) is 17.4 Å². The van der Waals surface area contributed by atoms with Gasteiger partial charge in [-0.25, -0.2) is 0 Å². The number of furan rings is 1. The van der Waals surface area contributed by atoms with E-state index >= 15 is 0 Å². The average Bonchev–Trinajstić information content (AvgIpc) is 3.43. The van der Waals surface area contributed by atoms with Crippen LogP contribution in [0.5, 0.6) is 11.5 Å². The zero-order valence-electron chi connectivity index (χ0n) is 15.8. The number of amides is 2. The van der Waals surface area contributed by atoms with Gasteiger partial charge in [0.2, 0.25) is 5.91 Å². The number of hydrogen-bond donors (Lipinski definition) is 2. The lowest BCUT2D eigenvalue weighted by atomic mass is 10.1. The van der Waals surface area contributed by atoms with Gasteiger partial charge in [-0.1, -0.05) is 0 Å². The van der Waals surface area contributed by atoms with Crippen molar-refractivity contribution in [1.29, 1.82) is 0 Å². The molecule has 0 spiro atoms. The number of aromatic nitrogens is 2. The van der Waals surface area contributed by atoms with Gasteiger partial charge in [0.15, 0.2) is 11.5 Å². The molecule has 4 rings (SSSR count). The minimum absolute atomic E-state index is 0.0920. The minimum atomic E-state index is -0.322. The molecule has 0 aliphatic carbocycles. The van der Waals surface area contributed by atoms with Crippen molar-refractivity contribution < 1.29 is 23.5 Å². The molecule has 0 bridgehead atoms. The highest BCUT2D eigenvalue weighted by Gasteiger charge is 2.22. The lowest BCUT2D eigenvalue weighted by Gasteiger charge is -2.19. The van der Waals surface area contributed by atoms with Gasteiger partial charge < -0.3 is 24.1 Å². The monoisotopic (exact) mass is 396 g/mol. The maximum atomic E-state index is 12.9. The molecule has 3 heterocycles. The number of H-pyrrole nitrogens is 1. The molecular weight excluding hydrogens is 376 g/mol. The lowest BCUT2D eigenvalue weighted by molar-refractivity contribution is -0.121. The predicted octanol–water partition coefficient (Wildman–Crippen LogP) is 1.83. The Morgan fingerprint density at radius 2 is 2.03 bits per heavy atom. The number of benzene rings is 1. The molecule has 9 heteroatoms. The minimum Gasteiger partial charge on any atom is -0.486 e. The standard InChI is InChI=1S/C20H20N4O5/c1-24(12-18(25)21-10-14-3-2-6-27-14)20(26)15-11-22-23-19(15)13-4-5-16-17(9-13)29-8-7-28-16/h2-6,9,11H,7-8,10,12H2,1H3,(H,21,25)(H,22,23). The molecule has 0 radical (unpaired) electrons. The summed E-state index contributed by atoms with van der Waals surface area (Å²) < 4.78 is 16.3. The van der Waals surface area contributed by atoms with Crippen molar-refractivity contribution in [3.8, 4) is 22.8 Å². The summed E-state index contributed by atoms with van der Waals surface area (Å²) in [7, 11) is 1.56. The first-order chi connectivity index (χ1) is 14.1. The topological polar surface area (TPSA) is 110 Å². The number of ether oxygens (including phenoxy) is 2. The summed E-state index contributed by atoms with van der Waals surface area (Å²) in [4.78, 5) is 26.3. The van der Waals surface area contributed by atoms with Crippen LogP contribution in [0.1, 0.15) is 16.1 Å². The Morgan fingerprint density at radius 1 is 1.21 bits per heavy atom. The van der Waals surface area contributed by atoms with Crippen molar-refractivity contribution in [2.75, 3.05) is 26.8 Å². The number of hydrogen-bond acceptors (Lipinski definition) is 6. The molecule has 1 aromatic carbocycles. The van der Waals surface area contributed by atoms with Crippen LogP contribution >= 0.6 is 0 Å². The molecule has 0 atom stereocenters. The molecule has 0 fully saturated rings. The van der Waals surface area contributed by atoms with E-state index in [4.69, 9.17) is 13.9 Å². The molecule has 0 unspecified atom stereocenters. The van der Waals surface area contributed by atoms with Gasteiger partial charge in [0.1, 0.15) is 19.0 Å². The van der Waals surface area contributed by atoms with Gasteiger partial charge in [0.25, 0.3) is 5.91 Å². The third-order valence-corrected chi connectivity index (χ3v) is 4.47. The Hall–Kier alpha value is -3.75. The van der Waals surface area contributed by atoms with Gasteiger partial charge in [-0.15, -0.1) is 0 Å². The molecule has 2 amide bonds. The molecule has 2 N–H and O–H groups in total. The number of nitrogens with one attached hydrogen (secondary N) is 2. The number of rotatable bonds is 6. The smallest absolute Gasteiger partial charge is 0.257 e. The quantitative estimate of drug-likeness (QED) is 0.658. The summed E-state index contributed by atoms with van der Waals surface area (Å²) in [6.45, 7) is 1.15. The third kappa shape index (κ3) is 4.08. The molecule has 1 aliphatic rings. The van der Waals surface area contributed by atoms with Crippen molar-refractivity contribution in [3.05, 3.63) is 54.1 Å². The van der Waals surface area contributed by atoms with Gasteiger partial charge >= 0.3 is 0 Å². The third-order valence-electron chi connectivity index (χ3n) is 4.47. The number of carbonyl (C=O) groups is 2. The molecule has 150 valence electrons. The average molecular weight is 396 g/mol. The lowest BCUT2D eigenvalue weighted by Crippen LogP contribution is -2.38. The van der Waals surface area contributed by atoms with Gasteiger partial charge in [0.05, 0.1) is 36.8 Å². The normalized spacial score (nSPS) is 12.4. The highest BCUT2D eigenvalue weighted by atomic mass is 16.6. The summed E-state index contributed by atoms with van der Waals surface area (Å²) in [5.41, 5.74) is 1.66. The first kappa shape index (κ1) is 18.6. The molecule has 2 aromatic heterocycles. The molecule has 0 saturated carbocycles. The van der Waals surface area contributed by atoms with Crippen LogP contribution < -0.4 is 14.8 Å². The Labute approximate surface area is 166 Å². The first-order valence-corrected chi connectivity index (χ1v) is 9.10.